The number of rotatable bonds is 4. The molecule has 12 heavy (non-hydrogen) atoms. The maximum Gasteiger partial charge on any atom is 0.427 e. The lowest BCUT2D eigenvalue weighted by molar-refractivity contribution is 0.119. The van der Waals surface area contributed by atoms with Gasteiger partial charge in [-0.15, -0.1) is 22.4 Å². The summed E-state index contributed by atoms with van der Waals surface area (Å²) >= 11 is 2.10. The van der Waals surface area contributed by atoms with Crippen molar-refractivity contribution in [3.8, 4) is 0 Å². The number of hydrogen-bond donors (Lipinski definition) is 2. The molecule has 8 heteroatoms. The van der Waals surface area contributed by atoms with Crippen molar-refractivity contribution >= 4 is 48.0 Å². The molecule has 0 saturated carbocycles. The molecule has 0 bridgehead atoms. The van der Waals surface area contributed by atoms with Gasteiger partial charge < -0.3 is 9.84 Å². The van der Waals surface area contributed by atoms with E-state index in [1.807, 2.05) is 0 Å². The summed E-state index contributed by atoms with van der Waals surface area (Å²) < 4.78 is 4.62. The second-order valence-electron chi connectivity index (χ2n) is 1.69. The van der Waals surface area contributed by atoms with Crippen molar-refractivity contribution in [2.45, 2.75) is 0 Å². The lowest BCUT2D eigenvalue weighted by Crippen LogP contribution is -2.21. The Labute approximate surface area is 86.4 Å². The Morgan fingerprint density at radius 1 is 1.92 bits per heavy atom. The number of amides is 1. The van der Waals surface area contributed by atoms with E-state index in [4.69, 9.17) is 5.11 Å². The number of nitrogens with one attached hydrogen (secondary N) is 1. The van der Waals surface area contributed by atoms with Crippen LogP contribution in [0, 0.1) is 0 Å². The Bertz CT molecular complexity index is 168. The largest absolute Gasteiger partial charge is 0.446 e. The van der Waals surface area contributed by atoms with E-state index in [1.165, 1.54) is 6.11 Å². The number of carbonyl (C=O) groups is 1. The number of aliphatic hydroxyl groups excluding tert-OH is 1. The van der Waals surface area contributed by atoms with E-state index >= 15 is 0 Å². The fraction of sp³-hybridized carbons (Fsp3) is 0.500. The van der Waals surface area contributed by atoms with Gasteiger partial charge in [0.25, 0.3) is 4.29 Å². The van der Waals surface area contributed by atoms with Crippen LogP contribution >= 0.6 is 31.5 Å². The topological polar surface area (TPSA) is 70.9 Å². The SMILES string of the molecule is O=C(NN=CB(P)I)OCCO. The first-order valence-electron chi connectivity index (χ1n) is 3.13. The van der Waals surface area contributed by atoms with Crippen LogP contribution < -0.4 is 5.43 Å². The molecule has 1 atom stereocenters. The smallest absolute Gasteiger partial charge is 0.427 e. The van der Waals surface area contributed by atoms with E-state index in [0.29, 0.717) is 0 Å². The Morgan fingerprint density at radius 3 is 3.08 bits per heavy atom. The number of carbonyl (C=O) groups excluding carboxylic acids is 1. The van der Waals surface area contributed by atoms with E-state index in [1.54, 1.807) is 0 Å². The molecule has 0 aromatic rings. The van der Waals surface area contributed by atoms with Crippen LogP contribution in [0.1, 0.15) is 0 Å². The zero-order valence-electron chi connectivity index (χ0n) is 6.24. The summed E-state index contributed by atoms with van der Waals surface area (Å²) in [6.45, 7) is -0.203. The Kier molecular flexibility index (Phi) is 7.84. The van der Waals surface area contributed by atoms with Crippen molar-refractivity contribution < 1.29 is 14.6 Å². The number of aliphatic hydroxyl groups is 1. The van der Waals surface area contributed by atoms with Gasteiger partial charge in [-0.2, -0.15) is 14.2 Å². The fourth-order valence-electron chi connectivity index (χ4n) is 0.332. The lowest BCUT2D eigenvalue weighted by atomic mass is 10.2. The zero-order valence-corrected chi connectivity index (χ0v) is 9.55. The lowest BCUT2D eigenvalue weighted by Gasteiger charge is -1.99. The average Bonchev–Trinajstić information content (AvgIpc) is 2.00. The van der Waals surface area contributed by atoms with Crippen molar-refractivity contribution in [3.63, 3.8) is 0 Å². The van der Waals surface area contributed by atoms with E-state index in [-0.39, 0.29) is 17.5 Å². The summed E-state index contributed by atoms with van der Waals surface area (Å²) in [5.41, 5.74) is 2.13. The summed E-state index contributed by atoms with van der Waals surface area (Å²) in [5, 5.41) is 11.8. The van der Waals surface area contributed by atoms with E-state index in [9.17, 15) is 4.79 Å². The van der Waals surface area contributed by atoms with Gasteiger partial charge >= 0.3 is 6.09 Å². The molecule has 0 rings (SSSR count). The van der Waals surface area contributed by atoms with Crippen molar-refractivity contribution in [2.75, 3.05) is 13.2 Å². The number of ether oxygens (including phenoxy) is 1. The van der Waals surface area contributed by atoms with Gasteiger partial charge in [0, 0.05) is 6.11 Å². The molecular weight excluding hydrogens is 293 g/mol. The molecule has 2 N–H and O–H groups in total. The van der Waals surface area contributed by atoms with Crippen LogP contribution in [0.3, 0.4) is 0 Å². The molecule has 0 heterocycles. The molecule has 5 nitrogen and oxygen atoms in total. The molecule has 0 aromatic heterocycles. The van der Waals surface area contributed by atoms with Crippen LogP contribution in [0.15, 0.2) is 5.10 Å². The minimum Gasteiger partial charge on any atom is -0.446 e. The average molecular weight is 302 g/mol. The molecule has 0 aromatic carbocycles. The van der Waals surface area contributed by atoms with Gasteiger partial charge in [0.05, 0.1) is 6.61 Å². The maximum atomic E-state index is 10.6. The second-order valence-corrected chi connectivity index (χ2v) is 5.21. The molecule has 0 aliphatic heterocycles. The van der Waals surface area contributed by atoms with E-state index in [0.717, 1.165) is 0 Å². The van der Waals surface area contributed by atoms with Crippen LogP contribution in [-0.2, 0) is 4.74 Å². The molecule has 0 aliphatic carbocycles. The molecular formula is C4H9BIN2O3P. The third-order valence-electron chi connectivity index (χ3n) is 0.697. The van der Waals surface area contributed by atoms with Crippen LogP contribution in [0.2, 0.25) is 0 Å². The first-order chi connectivity index (χ1) is 5.66. The van der Waals surface area contributed by atoms with Crippen LogP contribution in [0.4, 0.5) is 4.79 Å². The quantitative estimate of drug-likeness (QED) is 0.253. The first-order valence-corrected chi connectivity index (χ1v) is 5.04. The Hall–Kier alpha value is 0.125. The van der Waals surface area contributed by atoms with Crippen LogP contribution in [0.25, 0.3) is 0 Å². The third kappa shape index (κ3) is 8.22. The van der Waals surface area contributed by atoms with Crippen LogP contribution in [-0.4, -0.2) is 34.8 Å². The minimum atomic E-state index is -0.664. The third-order valence-corrected chi connectivity index (χ3v) is 1.19. The van der Waals surface area contributed by atoms with Crippen LogP contribution in [0.5, 0.6) is 0 Å². The van der Waals surface area contributed by atoms with E-state index < -0.39 is 6.09 Å². The van der Waals surface area contributed by atoms with E-state index in [2.05, 4.69) is 46.8 Å². The maximum absolute atomic E-state index is 10.6. The number of hydrogen-bond acceptors (Lipinski definition) is 4. The summed E-state index contributed by atoms with van der Waals surface area (Å²) in [7, 11) is 2.48. The highest BCUT2D eigenvalue weighted by atomic mass is 127. The van der Waals surface area contributed by atoms with Crippen molar-refractivity contribution in [1.82, 2.24) is 5.43 Å². The highest BCUT2D eigenvalue weighted by Gasteiger charge is 1.98. The van der Waals surface area contributed by atoms with Gasteiger partial charge in [0.15, 0.2) is 0 Å². The second kappa shape index (κ2) is 7.76. The van der Waals surface area contributed by atoms with Crippen molar-refractivity contribution in [3.05, 3.63) is 0 Å². The number of nitrogens with zero attached hydrogens (tertiary/aromatic N) is 1. The molecule has 0 aliphatic rings. The molecule has 68 valence electrons. The van der Waals surface area contributed by atoms with Crippen molar-refractivity contribution in [1.29, 1.82) is 0 Å². The normalized spacial score (nSPS) is 9.92. The molecule has 1 unspecified atom stereocenters. The summed E-state index contributed by atoms with van der Waals surface area (Å²) in [5.74, 6) is 0. The molecule has 0 saturated heterocycles. The fourth-order valence-corrected chi connectivity index (χ4v) is 0.579. The minimum absolute atomic E-state index is 0.0180. The predicted octanol–water partition coefficient (Wildman–Crippen LogP) is 0.0282. The van der Waals surface area contributed by atoms with Gasteiger partial charge in [-0.3, -0.25) is 0 Å². The number of halogens is 1. The molecule has 0 spiro atoms. The van der Waals surface area contributed by atoms with Gasteiger partial charge in [0.1, 0.15) is 6.61 Å². The van der Waals surface area contributed by atoms with Gasteiger partial charge in [-0.05, 0) is 0 Å². The van der Waals surface area contributed by atoms with Gasteiger partial charge in [-0.25, -0.2) is 10.2 Å². The summed E-state index contributed by atoms with van der Waals surface area (Å²) in [4.78, 5) is 10.6. The molecule has 0 fully saturated rings. The summed E-state index contributed by atoms with van der Waals surface area (Å²) in [6, 6.07) is 0. The van der Waals surface area contributed by atoms with Gasteiger partial charge in [-0.1, -0.05) is 0 Å². The predicted molar refractivity (Wildman–Crippen MR) is 59.5 cm³/mol. The number of hydrazone groups is 1. The van der Waals surface area contributed by atoms with Crippen molar-refractivity contribution in [2.24, 2.45) is 5.10 Å². The highest BCUT2D eigenvalue weighted by Crippen LogP contribution is 1.98. The Balaban J connectivity index is 3.43. The highest BCUT2D eigenvalue weighted by molar-refractivity contribution is 14.1. The zero-order chi connectivity index (χ0) is 9.40. The molecule has 1 amide bonds. The molecule has 0 radical (unpaired) electrons. The Morgan fingerprint density at radius 2 is 2.58 bits per heavy atom. The summed E-state index contributed by atoms with van der Waals surface area (Å²) in [6.07, 6.45) is 0.869. The standard InChI is InChI=1S/C4H9BIN2O3P/c6-5(12)3-7-8-4(10)11-2-1-9/h3,9H,1-2,12H2,(H,8,10). The monoisotopic (exact) mass is 302 g/mol. The van der Waals surface area contributed by atoms with Gasteiger partial charge in [0.2, 0.25) is 0 Å². The first kappa shape index (κ1) is 12.1.